The maximum absolute atomic E-state index is 13.1. The Morgan fingerprint density at radius 1 is 1.09 bits per heavy atom. The van der Waals surface area contributed by atoms with Gasteiger partial charge in [0, 0.05) is 31.1 Å². The number of rotatable bonds is 5. The van der Waals surface area contributed by atoms with Crippen molar-refractivity contribution >= 4 is 11.9 Å². The maximum atomic E-state index is 13.1. The van der Waals surface area contributed by atoms with Crippen molar-refractivity contribution in [3.63, 3.8) is 0 Å². The Hall–Kier alpha value is -2.12. The smallest absolute Gasteiger partial charge is 0.338 e. The molecule has 1 saturated heterocycles. The number of hydrogen-bond donors (Lipinski definition) is 1. The maximum Gasteiger partial charge on any atom is 0.338 e. The highest BCUT2D eigenvalue weighted by atomic mass is 16.6. The van der Waals surface area contributed by atoms with Crippen LogP contribution >= 0.6 is 0 Å². The first-order valence-corrected chi connectivity index (χ1v) is 11.4. The highest BCUT2D eigenvalue weighted by molar-refractivity contribution is 5.89. The van der Waals surface area contributed by atoms with Crippen molar-refractivity contribution in [1.82, 2.24) is 0 Å². The first kappa shape index (κ1) is 23.1. The third kappa shape index (κ3) is 3.69. The number of aliphatic hydroxyl groups is 1. The van der Waals surface area contributed by atoms with Crippen LogP contribution in [0, 0.1) is 17.3 Å². The topological polar surface area (TPSA) is 94.6 Å². The Kier molecular flexibility index (Phi) is 5.57. The Labute approximate surface area is 189 Å². The Morgan fingerprint density at radius 3 is 2.31 bits per heavy atom. The van der Waals surface area contributed by atoms with E-state index in [9.17, 15) is 14.7 Å². The van der Waals surface area contributed by atoms with Crippen molar-refractivity contribution in [3.05, 3.63) is 29.8 Å². The number of carbonyl (C=O) groups excluding carboxylic acids is 2. The lowest BCUT2D eigenvalue weighted by Crippen LogP contribution is -2.51. The predicted molar refractivity (Wildman–Crippen MR) is 116 cm³/mol. The molecule has 7 heteroatoms. The van der Waals surface area contributed by atoms with Gasteiger partial charge < -0.3 is 24.1 Å². The molecule has 0 amide bonds. The second-order valence-electron chi connectivity index (χ2n) is 10.4. The molecule has 2 aliphatic carbocycles. The van der Waals surface area contributed by atoms with Crippen LogP contribution in [0.5, 0.6) is 5.75 Å². The van der Waals surface area contributed by atoms with E-state index in [0.29, 0.717) is 30.6 Å². The molecule has 1 aromatic carbocycles. The van der Waals surface area contributed by atoms with Crippen LogP contribution in [0.25, 0.3) is 0 Å². The molecule has 7 atom stereocenters. The van der Waals surface area contributed by atoms with Crippen LogP contribution in [0.15, 0.2) is 24.3 Å². The van der Waals surface area contributed by atoms with Gasteiger partial charge in [-0.3, -0.25) is 4.79 Å². The van der Waals surface area contributed by atoms with Crippen molar-refractivity contribution < 1.29 is 33.6 Å². The van der Waals surface area contributed by atoms with Gasteiger partial charge in [-0.05, 0) is 43.5 Å². The van der Waals surface area contributed by atoms with E-state index in [2.05, 4.69) is 0 Å². The summed E-state index contributed by atoms with van der Waals surface area (Å²) in [6.45, 7) is 9.37. The Balaban J connectivity index is 1.71. The fourth-order valence-electron chi connectivity index (χ4n) is 6.09. The van der Waals surface area contributed by atoms with Crippen LogP contribution in [-0.4, -0.2) is 53.7 Å². The monoisotopic (exact) mass is 446 g/mol. The van der Waals surface area contributed by atoms with Crippen LogP contribution < -0.4 is 4.74 Å². The van der Waals surface area contributed by atoms with Gasteiger partial charge in [-0.25, -0.2) is 4.79 Å². The third-order valence-corrected chi connectivity index (χ3v) is 8.03. The molecule has 176 valence electrons. The molecule has 1 aliphatic heterocycles. The van der Waals surface area contributed by atoms with Crippen LogP contribution in [0.4, 0.5) is 0 Å². The third-order valence-electron chi connectivity index (χ3n) is 8.03. The van der Waals surface area contributed by atoms with E-state index in [-0.39, 0.29) is 18.0 Å². The largest absolute Gasteiger partial charge is 0.497 e. The van der Waals surface area contributed by atoms with Crippen molar-refractivity contribution in [3.8, 4) is 5.75 Å². The predicted octanol–water partition coefficient (Wildman–Crippen LogP) is 3.52. The van der Waals surface area contributed by atoms with Gasteiger partial charge in [0.15, 0.2) is 0 Å². The summed E-state index contributed by atoms with van der Waals surface area (Å²) in [5.41, 5.74) is -1.74. The van der Waals surface area contributed by atoms with E-state index < -0.39 is 40.7 Å². The molecule has 0 bridgehead atoms. The summed E-state index contributed by atoms with van der Waals surface area (Å²) in [4.78, 5) is 25.0. The van der Waals surface area contributed by atoms with E-state index >= 15 is 0 Å². The van der Waals surface area contributed by atoms with E-state index in [1.54, 1.807) is 31.4 Å². The minimum atomic E-state index is -1.15. The average Bonchev–Trinajstić information content (AvgIpc) is 3.28. The van der Waals surface area contributed by atoms with Crippen LogP contribution in [0.1, 0.15) is 64.2 Å². The second kappa shape index (κ2) is 7.73. The van der Waals surface area contributed by atoms with E-state index in [4.69, 9.17) is 18.9 Å². The molecule has 1 N–H and O–H groups in total. The summed E-state index contributed by atoms with van der Waals surface area (Å²) in [6, 6.07) is 6.76. The SMILES string of the molecule is COc1ccc(C(=O)OC2CC3(C)OC3CC3(C)C(OC(C)=O)CC(O)(C(C)C)C23)cc1. The summed E-state index contributed by atoms with van der Waals surface area (Å²) < 4.78 is 23.0. The van der Waals surface area contributed by atoms with Gasteiger partial charge in [0.25, 0.3) is 0 Å². The van der Waals surface area contributed by atoms with Crippen molar-refractivity contribution in [2.24, 2.45) is 17.3 Å². The number of esters is 2. The van der Waals surface area contributed by atoms with Gasteiger partial charge in [-0.15, -0.1) is 0 Å². The number of epoxide rings is 1. The molecular formula is C25H34O7. The van der Waals surface area contributed by atoms with Crippen molar-refractivity contribution in [1.29, 1.82) is 0 Å². The van der Waals surface area contributed by atoms with Gasteiger partial charge >= 0.3 is 11.9 Å². The zero-order valence-electron chi connectivity index (χ0n) is 19.7. The standard InChI is InChI=1S/C25H34O7/c1-14(2)25(28)13-19(30-15(3)26)23(4)12-20-24(5,32-20)11-18(21(23)25)31-22(27)16-7-9-17(29-6)10-8-16/h7-10,14,18-21,28H,11-13H2,1-6H3. The average molecular weight is 447 g/mol. The van der Waals surface area contributed by atoms with Gasteiger partial charge in [0.2, 0.25) is 0 Å². The fraction of sp³-hybridized carbons (Fsp3) is 0.680. The van der Waals surface area contributed by atoms with Gasteiger partial charge in [0.05, 0.1) is 30.0 Å². The molecule has 0 radical (unpaired) electrons. The van der Waals surface area contributed by atoms with Crippen molar-refractivity contribution in [2.45, 2.75) is 83.4 Å². The first-order valence-electron chi connectivity index (χ1n) is 11.4. The second-order valence-corrected chi connectivity index (χ2v) is 10.4. The minimum absolute atomic E-state index is 0.0211. The molecule has 1 aromatic rings. The number of benzene rings is 1. The molecule has 1 heterocycles. The summed E-state index contributed by atoms with van der Waals surface area (Å²) in [6.07, 6.45) is 0.351. The molecule has 32 heavy (non-hydrogen) atoms. The summed E-state index contributed by atoms with van der Waals surface area (Å²) in [5, 5.41) is 11.9. The number of carbonyl (C=O) groups is 2. The molecule has 3 fully saturated rings. The molecule has 4 rings (SSSR count). The number of hydrogen-bond acceptors (Lipinski definition) is 7. The molecule has 0 spiro atoms. The quantitative estimate of drug-likeness (QED) is 0.546. The summed E-state index contributed by atoms with van der Waals surface area (Å²) >= 11 is 0. The molecule has 7 unspecified atom stereocenters. The van der Waals surface area contributed by atoms with E-state index in [0.717, 1.165) is 0 Å². The van der Waals surface area contributed by atoms with Crippen LogP contribution in [0.3, 0.4) is 0 Å². The van der Waals surface area contributed by atoms with Gasteiger partial charge in [-0.2, -0.15) is 0 Å². The number of methoxy groups -OCH3 is 1. The minimum Gasteiger partial charge on any atom is -0.497 e. The fourth-order valence-corrected chi connectivity index (χ4v) is 6.09. The number of ether oxygens (including phenoxy) is 4. The zero-order valence-corrected chi connectivity index (χ0v) is 19.7. The molecule has 0 aromatic heterocycles. The zero-order chi connectivity index (χ0) is 23.5. The Morgan fingerprint density at radius 2 is 1.75 bits per heavy atom. The van der Waals surface area contributed by atoms with Gasteiger partial charge in [0.1, 0.15) is 18.0 Å². The summed E-state index contributed by atoms with van der Waals surface area (Å²) in [5.74, 6) is -0.685. The highest BCUT2D eigenvalue weighted by Crippen LogP contribution is 2.64. The lowest BCUT2D eigenvalue weighted by Gasteiger charge is -2.44. The Bertz CT molecular complexity index is 896. The number of fused-ring (bicyclic) bond motifs is 2. The summed E-state index contributed by atoms with van der Waals surface area (Å²) in [7, 11) is 1.57. The molecule has 3 aliphatic rings. The van der Waals surface area contributed by atoms with E-state index in [1.165, 1.54) is 6.92 Å². The van der Waals surface area contributed by atoms with Crippen molar-refractivity contribution in [2.75, 3.05) is 7.11 Å². The lowest BCUT2D eigenvalue weighted by atomic mass is 9.67. The van der Waals surface area contributed by atoms with Gasteiger partial charge in [-0.1, -0.05) is 20.8 Å². The van der Waals surface area contributed by atoms with Crippen LogP contribution in [0.2, 0.25) is 0 Å². The van der Waals surface area contributed by atoms with E-state index in [1.807, 2.05) is 27.7 Å². The normalized spacial score (nSPS) is 40.1. The molecule has 2 saturated carbocycles. The lowest BCUT2D eigenvalue weighted by molar-refractivity contribution is -0.155. The van der Waals surface area contributed by atoms with Crippen LogP contribution in [-0.2, 0) is 19.0 Å². The first-order chi connectivity index (χ1) is 14.9. The highest BCUT2D eigenvalue weighted by Gasteiger charge is 2.71. The molecule has 7 nitrogen and oxygen atoms in total. The molecular weight excluding hydrogens is 412 g/mol.